The van der Waals surface area contributed by atoms with Gasteiger partial charge in [-0.05, 0) is 61.7 Å². The molecule has 0 radical (unpaired) electrons. The topological polar surface area (TPSA) is 97.3 Å². The number of unbranched alkanes of at least 4 members (excludes halogenated alkanes) is 1. The Kier molecular flexibility index (Phi) is 5.02. The molecule has 0 spiro atoms. The molecule has 8 heteroatoms. The molecule has 1 aliphatic rings. The second-order valence-electron chi connectivity index (χ2n) is 5.89. The number of anilines is 1. The first-order chi connectivity index (χ1) is 11.3. The van der Waals surface area contributed by atoms with Crippen molar-refractivity contribution in [2.45, 2.75) is 32.1 Å². The van der Waals surface area contributed by atoms with Gasteiger partial charge in [0.05, 0.1) is 10.6 Å². The third-order valence-corrected chi connectivity index (χ3v) is 4.26. The predicted molar refractivity (Wildman–Crippen MR) is 86.5 cm³/mol. The van der Waals surface area contributed by atoms with E-state index in [2.05, 4.69) is 25.2 Å². The number of fused-ring (bicyclic) bond motifs is 1. The fraction of sp³-hybridized carbons (Fsp3) is 0.600. The maximum absolute atomic E-state index is 10.9. The number of nitrogens with one attached hydrogen (secondary N) is 1. The molecule has 8 nitrogen and oxygen atoms in total. The van der Waals surface area contributed by atoms with Crippen LogP contribution in [0.15, 0.2) is 16.8 Å². The fourth-order valence-electron chi connectivity index (χ4n) is 3.01. The molecule has 124 valence electrons. The smallest absolute Gasteiger partial charge is 0.300 e. The monoisotopic (exact) mass is 319 g/mol. The summed E-state index contributed by atoms with van der Waals surface area (Å²) in [7, 11) is 0. The average Bonchev–Trinajstić information content (AvgIpc) is 3.05. The van der Waals surface area contributed by atoms with E-state index in [0.717, 1.165) is 31.6 Å². The van der Waals surface area contributed by atoms with Crippen LogP contribution in [-0.2, 0) is 0 Å². The van der Waals surface area contributed by atoms with Crippen LogP contribution in [0.2, 0.25) is 0 Å². The molecule has 3 rings (SSSR count). The van der Waals surface area contributed by atoms with Gasteiger partial charge >= 0.3 is 5.69 Å². The first-order valence-electron chi connectivity index (χ1n) is 8.11. The van der Waals surface area contributed by atoms with Crippen LogP contribution in [0, 0.1) is 10.1 Å². The Morgan fingerprint density at radius 2 is 1.96 bits per heavy atom. The first-order valence-corrected chi connectivity index (χ1v) is 8.11. The molecule has 1 saturated heterocycles. The number of likely N-dealkylation sites (tertiary alicyclic amines) is 1. The highest BCUT2D eigenvalue weighted by molar-refractivity contribution is 5.93. The van der Waals surface area contributed by atoms with Crippen molar-refractivity contribution in [2.75, 3.05) is 31.5 Å². The summed E-state index contributed by atoms with van der Waals surface area (Å²) in [6, 6.07) is 3.10. The van der Waals surface area contributed by atoms with Gasteiger partial charge in [0, 0.05) is 12.6 Å². The minimum absolute atomic E-state index is 0.0862. The maximum Gasteiger partial charge on any atom is 0.300 e. The standard InChI is InChI=1S/C15H21N5O3/c21-20(22)13-7-6-12(14-15(13)18-23-17-14)16-8-2-5-11-19-9-3-1-4-10-19/h6-7,16H,1-5,8-11H2. The van der Waals surface area contributed by atoms with Crippen LogP contribution in [0.3, 0.4) is 0 Å². The highest BCUT2D eigenvalue weighted by atomic mass is 16.6. The van der Waals surface area contributed by atoms with Gasteiger partial charge in [-0.25, -0.2) is 4.63 Å². The van der Waals surface area contributed by atoms with Gasteiger partial charge in [-0.1, -0.05) is 6.42 Å². The second kappa shape index (κ2) is 7.36. The maximum atomic E-state index is 10.9. The number of nitro benzene ring substituents is 1. The van der Waals surface area contributed by atoms with Crippen molar-refractivity contribution < 1.29 is 9.55 Å². The molecule has 0 unspecified atom stereocenters. The van der Waals surface area contributed by atoms with Gasteiger partial charge in [-0.3, -0.25) is 10.1 Å². The Hall–Kier alpha value is -2.22. The quantitative estimate of drug-likeness (QED) is 0.476. The van der Waals surface area contributed by atoms with E-state index >= 15 is 0 Å². The normalized spacial score (nSPS) is 15.8. The summed E-state index contributed by atoms with van der Waals surface area (Å²) in [4.78, 5) is 13.0. The first kappa shape index (κ1) is 15.7. The predicted octanol–water partition coefficient (Wildman–Crippen LogP) is 2.81. The lowest BCUT2D eigenvalue weighted by molar-refractivity contribution is -0.383. The summed E-state index contributed by atoms with van der Waals surface area (Å²) >= 11 is 0. The van der Waals surface area contributed by atoms with E-state index < -0.39 is 4.92 Å². The SMILES string of the molecule is O=[N+]([O-])c1ccc(NCCCCN2CCCCC2)c2nonc12. The zero-order chi connectivity index (χ0) is 16.1. The van der Waals surface area contributed by atoms with E-state index in [1.807, 2.05) is 0 Å². The summed E-state index contributed by atoms with van der Waals surface area (Å²) in [5.74, 6) is 0. The molecule has 1 aromatic heterocycles. The molecule has 2 aromatic rings. The molecule has 23 heavy (non-hydrogen) atoms. The molecule has 0 atom stereocenters. The van der Waals surface area contributed by atoms with Crippen LogP contribution < -0.4 is 5.32 Å². The van der Waals surface area contributed by atoms with Crippen molar-refractivity contribution in [3.63, 3.8) is 0 Å². The van der Waals surface area contributed by atoms with E-state index in [4.69, 9.17) is 0 Å². The van der Waals surface area contributed by atoms with Gasteiger partial charge in [-0.2, -0.15) is 0 Å². The lowest BCUT2D eigenvalue weighted by Gasteiger charge is -2.26. The highest BCUT2D eigenvalue weighted by Gasteiger charge is 2.19. The number of benzene rings is 1. The van der Waals surface area contributed by atoms with Crippen LogP contribution in [0.4, 0.5) is 11.4 Å². The Balaban J connectivity index is 1.50. The minimum atomic E-state index is -0.477. The van der Waals surface area contributed by atoms with E-state index in [1.165, 1.54) is 38.4 Å². The summed E-state index contributed by atoms with van der Waals surface area (Å²) in [5.41, 5.74) is 1.24. The molecule has 1 N–H and O–H groups in total. The number of non-ortho nitro benzene ring substituents is 1. The molecule has 1 aliphatic heterocycles. The van der Waals surface area contributed by atoms with Crippen LogP contribution in [0.25, 0.3) is 11.0 Å². The molecule has 0 aliphatic carbocycles. The molecule has 0 amide bonds. The Morgan fingerprint density at radius 1 is 1.17 bits per heavy atom. The number of aromatic nitrogens is 2. The lowest BCUT2D eigenvalue weighted by atomic mass is 10.1. The Morgan fingerprint density at radius 3 is 2.74 bits per heavy atom. The number of piperidine rings is 1. The highest BCUT2D eigenvalue weighted by Crippen LogP contribution is 2.28. The number of nitrogens with zero attached hydrogens (tertiary/aromatic N) is 4. The molecule has 2 heterocycles. The zero-order valence-electron chi connectivity index (χ0n) is 13.0. The number of hydrogen-bond acceptors (Lipinski definition) is 7. The van der Waals surface area contributed by atoms with E-state index in [9.17, 15) is 10.1 Å². The lowest BCUT2D eigenvalue weighted by Crippen LogP contribution is -2.30. The number of nitro groups is 1. The largest absolute Gasteiger partial charge is 0.383 e. The van der Waals surface area contributed by atoms with Crippen LogP contribution in [0.5, 0.6) is 0 Å². The third-order valence-electron chi connectivity index (χ3n) is 4.26. The number of rotatable bonds is 7. The minimum Gasteiger partial charge on any atom is -0.383 e. The summed E-state index contributed by atoms with van der Waals surface area (Å²) < 4.78 is 4.65. The van der Waals surface area contributed by atoms with E-state index in [1.54, 1.807) is 6.07 Å². The molecular formula is C15H21N5O3. The molecule has 0 bridgehead atoms. The van der Waals surface area contributed by atoms with Crippen molar-refractivity contribution in [1.29, 1.82) is 0 Å². The van der Waals surface area contributed by atoms with Gasteiger partial charge in [0.1, 0.15) is 0 Å². The zero-order valence-corrected chi connectivity index (χ0v) is 13.0. The molecule has 1 aromatic carbocycles. The van der Waals surface area contributed by atoms with Crippen LogP contribution in [0.1, 0.15) is 32.1 Å². The van der Waals surface area contributed by atoms with Crippen LogP contribution in [-0.4, -0.2) is 46.3 Å². The van der Waals surface area contributed by atoms with Crippen molar-refractivity contribution in [3.8, 4) is 0 Å². The van der Waals surface area contributed by atoms with Crippen molar-refractivity contribution in [1.82, 2.24) is 15.2 Å². The van der Waals surface area contributed by atoms with Gasteiger partial charge in [0.2, 0.25) is 5.52 Å². The van der Waals surface area contributed by atoms with Crippen LogP contribution >= 0.6 is 0 Å². The fourth-order valence-corrected chi connectivity index (χ4v) is 3.01. The Bertz CT molecular complexity index is 666. The molecule has 0 saturated carbocycles. The van der Waals surface area contributed by atoms with Crippen molar-refractivity contribution in [2.24, 2.45) is 0 Å². The average molecular weight is 319 g/mol. The summed E-state index contributed by atoms with van der Waals surface area (Å²) in [6.07, 6.45) is 6.18. The third kappa shape index (κ3) is 3.76. The Labute approximate surface area is 133 Å². The van der Waals surface area contributed by atoms with Gasteiger partial charge in [0.25, 0.3) is 0 Å². The van der Waals surface area contributed by atoms with Crippen molar-refractivity contribution in [3.05, 3.63) is 22.2 Å². The molecule has 1 fully saturated rings. The molecular weight excluding hydrogens is 298 g/mol. The summed E-state index contributed by atoms with van der Waals surface area (Å²) in [5, 5.41) is 21.6. The van der Waals surface area contributed by atoms with Gasteiger partial charge < -0.3 is 10.2 Å². The second-order valence-corrected chi connectivity index (χ2v) is 5.89. The van der Waals surface area contributed by atoms with E-state index in [-0.39, 0.29) is 11.2 Å². The van der Waals surface area contributed by atoms with E-state index in [0.29, 0.717) is 5.52 Å². The van der Waals surface area contributed by atoms with Gasteiger partial charge in [-0.15, -0.1) is 0 Å². The van der Waals surface area contributed by atoms with Gasteiger partial charge in [0.15, 0.2) is 5.52 Å². The number of hydrogen-bond donors (Lipinski definition) is 1. The van der Waals surface area contributed by atoms with Crippen molar-refractivity contribution >= 4 is 22.4 Å². The summed E-state index contributed by atoms with van der Waals surface area (Å²) in [6.45, 7) is 4.39.